The molecule has 6 heteroatoms. The number of thioether (sulfide) groups is 1. The van der Waals surface area contributed by atoms with Gasteiger partial charge in [-0.3, -0.25) is 9.59 Å². The highest BCUT2D eigenvalue weighted by molar-refractivity contribution is 8.04. The molecule has 34 heavy (non-hydrogen) atoms. The Bertz CT molecular complexity index is 1210. The van der Waals surface area contributed by atoms with Crippen molar-refractivity contribution in [1.82, 2.24) is 5.32 Å². The van der Waals surface area contributed by atoms with E-state index in [9.17, 15) is 9.59 Å². The van der Waals surface area contributed by atoms with E-state index in [0.29, 0.717) is 30.2 Å². The maximum Gasteiger partial charge on any atom is 0.265 e. The summed E-state index contributed by atoms with van der Waals surface area (Å²) < 4.78 is 5.04. The maximum atomic E-state index is 13.6. The summed E-state index contributed by atoms with van der Waals surface area (Å²) in [6, 6.07) is 23.6. The molecule has 0 spiro atoms. The molecule has 1 N–H and O–H groups in total. The van der Waals surface area contributed by atoms with E-state index in [4.69, 9.17) is 4.74 Å². The Hall–Kier alpha value is -3.35. The zero-order chi connectivity index (χ0) is 23.9. The minimum absolute atomic E-state index is 0.0690. The second-order valence-electron chi connectivity index (χ2n) is 8.19. The van der Waals surface area contributed by atoms with Crippen LogP contribution in [0, 0.1) is 6.92 Å². The van der Waals surface area contributed by atoms with Crippen LogP contribution in [-0.2, 0) is 16.1 Å². The second-order valence-corrected chi connectivity index (χ2v) is 9.27. The number of rotatable bonds is 8. The Morgan fingerprint density at radius 2 is 1.88 bits per heavy atom. The monoisotopic (exact) mass is 472 g/mol. The summed E-state index contributed by atoms with van der Waals surface area (Å²) in [5, 5.41) is 2.92. The molecular formula is C28H28N2O3S. The molecule has 2 amide bonds. The van der Waals surface area contributed by atoms with Crippen molar-refractivity contribution in [3.05, 3.63) is 100.0 Å². The number of fused-ring (bicyclic) bond motifs is 1. The molecule has 0 atom stereocenters. The summed E-state index contributed by atoms with van der Waals surface area (Å²) in [4.78, 5) is 29.7. The first kappa shape index (κ1) is 23.8. The number of methoxy groups -OCH3 is 1. The summed E-state index contributed by atoms with van der Waals surface area (Å²) in [5.41, 5.74) is 4.45. The van der Waals surface area contributed by atoms with Gasteiger partial charge in [-0.1, -0.05) is 71.9 Å². The lowest BCUT2D eigenvalue weighted by Gasteiger charge is -2.31. The first-order valence-corrected chi connectivity index (χ1v) is 12.1. The Morgan fingerprint density at radius 1 is 1.06 bits per heavy atom. The Labute approximate surface area is 204 Å². The second kappa shape index (κ2) is 11.2. The zero-order valence-corrected chi connectivity index (χ0v) is 20.2. The van der Waals surface area contributed by atoms with Crippen LogP contribution in [0.5, 0.6) is 0 Å². The van der Waals surface area contributed by atoms with E-state index in [1.807, 2.05) is 79.7 Å². The van der Waals surface area contributed by atoms with Gasteiger partial charge in [-0.15, -0.1) is 0 Å². The molecule has 5 nitrogen and oxygen atoms in total. The van der Waals surface area contributed by atoms with E-state index in [1.165, 1.54) is 11.8 Å². The van der Waals surface area contributed by atoms with Gasteiger partial charge in [0.15, 0.2) is 0 Å². The van der Waals surface area contributed by atoms with Gasteiger partial charge in [-0.2, -0.15) is 0 Å². The van der Waals surface area contributed by atoms with Crippen molar-refractivity contribution in [2.45, 2.75) is 24.8 Å². The normalized spacial score (nSPS) is 14.2. The third-order valence-electron chi connectivity index (χ3n) is 5.52. The average Bonchev–Trinajstić information content (AvgIpc) is 2.85. The molecule has 3 aromatic carbocycles. The predicted molar refractivity (Wildman–Crippen MR) is 138 cm³/mol. The molecule has 0 aliphatic carbocycles. The fourth-order valence-corrected chi connectivity index (χ4v) is 4.86. The van der Waals surface area contributed by atoms with Crippen molar-refractivity contribution in [3.63, 3.8) is 0 Å². The van der Waals surface area contributed by atoms with E-state index in [-0.39, 0.29) is 11.8 Å². The third-order valence-corrected chi connectivity index (χ3v) is 6.60. The smallest absolute Gasteiger partial charge is 0.265 e. The van der Waals surface area contributed by atoms with Gasteiger partial charge >= 0.3 is 0 Å². The zero-order valence-electron chi connectivity index (χ0n) is 19.4. The lowest BCUT2D eigenvalue weighted by Crippen LogP contribution is -2.34. The number of nitrogens with zero attached hydrogens (tertiary/aromatic N) is 1. The van der Waals surface area contributed by atoms with Crippen molar-refractivity contribution in [2.24, 2.45) is 0 Å². The standard InChI is InChI=1S/C28H28N2O3S/c1-20-8-6-11-22(16-20)19-30-24-18-23(27(31)29-14-7-15-33-2)12-13-25(24)34-26(28(30)32)17-21-9-4-3-5-10-21/h3-6,8-13,16-18H,7,14-15,19H2,1-2H3,(H,29,31)/b26-17-. The van der Waals surface area contributed by atoms with Gasteiger partial charge in [0.1, 0.15) is 0 Å². The lowest BCUT2D eigenvalue weighted by atomic mass is 10.1. The van der Waals surface area contributed by atoms with E-state index in [1.54, 1.807) is 12.0 Å². The molecular weight excluding hydrogens is 444 g/mol. The minimum Gasteiger partial charge on any atom is -0.385 e. The number of hydrogen-bond donors (Lipinski definition) is 1. The van der Waals surface area contributed by atoms with Crippen LogP contribution in [0.2, 0.25) is 0 Å². The van der Waals surface area contributed by atoms with Gasteiger partial charge in [-0.05, 0) is 48.7 Å². The van der Waals surface area contributed by atoms with Crippen LogP contribution in [0.25, 0.3) is 6.08 Å². The van der Waals surface area contributed by atoms with Gasteiger partial charge in [0, 0.05) is 30.7 Å². The number of ether oxygens (including phenoxy) is 1. The summed E-state index contributed by atoms with van der Waals surface area (Å²) in [6.07, 6.45) is 2.67. The van der Waals surface area contributed by atoms with E-state index < -0.39 is 0 Å². The fraction of sp³-hybridized carbons (Fsp3) is 0.214. The van der Waals surface area contributed by atoms with E-state index in [2.05, 4.69) is 11.4 Å². The molecule has 174 valence electrons. The van der Waals surface area contributed by atoms with Crippen LogP contribution in [0.1, 0.15) is 33.5 Å². The molecule has 0 saturated carbocycles. The van der Waals surface area contributed by atoms with Gasteiger partial charge in [0.05, 0.1) is 17.1 Å². The Balaban J connectivity index is 1.67. The SMILES string of the molecule is COCCCNC(=O)c1ccc2c(c1)N(Cc1cccc(C)c1)C(=O)/C(=C/c1ccccc1)S2. The van der Waals surface area contributed by atoms with Crippen LogP contribution in [0.4, 0.5) is 5.69 Å². The number of aryl methyl sites for hydroxylation is 1. The largest absolute Gasteiger partial charge is 0.385 e. The highest BCUT2D eigenvalue weighted by Gasteiger charge is 2.30. The minimum atomic E-state index is -0.155. The molecule has 0 unspecified atom stereocenters. The molecule has 4 rings (SSSR count). The number of benzene rings is 3. The van der Waals surface area contributed by atoms with Crippen molar-refractivity contribution in [3.8, 4) is 0 Å². The van der Waals surface area contributed by atoms with Crippen molar-refractivity contribution in [1.29, 1.82) is 0 Å². The van der Waals surface area contributed by atoms with Crippen LogP contribution >= 0.6 is 11.8 Å². The van der Waals surface area contributed by atoms with Crippen LogP contribution in [0.15, 0.2) is 82.6 Å². The molecule has 1 aliphatic rings. The molecule has 1 heterocycles. The Kier molecular flexibility index (Phi) is 7.83. The van der Waals surface area contributed by atoms with Crippen LogP contribution < -0.4 is 10.2 Å². The van der Waals surface area contributed by atoms with Gasteiger partial charge < -0.3 is 15.0 Å². The van der Waals surface area contributed by atoms with Gasteiger partial charge in [0.25, 0.3) is 11.8 Å². The molecule has 1 aliphatic heterocycles. The molecule has 0 aromatic heterocycles. The van der Waals surface area contributed by atoms with Crippen molar-refractivity contribution >= 4 is 35.3 Å². The van der Waals surface area contributed by atoms with Crippen LogP contribution in [-0.4, -0.2) is 32.1 Å². The summed E-state index contributed by atoms with van der Waals surface area (Å²) >= 11 is 1.44. The predicted octanol–water partition coefficient (Wildman–Crippen LogP) is 5.44. The van der Waals surface area contributed by atoms with E-state index in [0.717, 1.165) is 33.7 Å². The highest BCUT2D eigenvalue weighted by atomic mass is 32.2. The molecule has 0 bridgehead atoms. The van der Waals surface area contributed by atoms with Crippen LogP contribution in [0.3, 0.4) is 0 Å². The summed E-state index contributed by atoms with van der Waals surface area (Å²) in [5.74, 6) is -0.224. The van der Waals surface area contributed by atoms with Crippen molar-refractivity contribution < 1.29 is 14.3 Å². The molecule has 0 saturated heterocycles. The fourth-order valence-electron chi connectivity index (χ4n) is 3.82. The topological polar surface area (TPSA) is 58.6 Å². The first-order valence-electron chi connectivity index (χ1n) is 11.3. The number of hydrogen-bond acceptors (Lipinski definition) is 4. The average molecular weight is 473 g/mol. The number of amides is 2. The van der Waals surface area contributed by atoms with Gasteiger partial charge in [0.2, 0.25) is 0 Å². The lowest BCUT2D eigenvalue weighted by molar-refractivity contribution is -0.114. The van der Waals surface area contributed by atoms with Gasteiger partial charge in [-0.25, -0.2) is 0 Å². The summed E-state index contributed by atoms with van der Waals surface area (Å²) in [6.45, 7) is 3.60. The summed E-state index contributed by atoms with van der Waals surface area (Å²) in [7, 11) is 1.64. The number of carbonyl (C=O) groups is 2. The molecule has 0 radical (unpaired) electrons. The maximum absolute atomic E-state index is 13.6. The highest BCUT2D eigenvalue weighted by Crippen LogP contribution is 2.43. The quantitative estimate of drug-likeness (QED) is 0.350. The third kappa shape index (κ3) is 5.76. The molecule has 3 aromatic rings. The first-order chi connectivity index (χ1) is 16.5. The molecule has 0 fully saturated rings. The van der Waals surface area contributed by atoms with Crippen molar-refractivity contribution in [2.75, 3.05) is 25.2 Å². The Morgan fingerprint density at radius 3 is 2.65 bits per heavy atom. The van der Waals surface area contributed by atoms with E-state index >= 15 is 0 Å². The number of carbonyl (C=O) groups excluding carboxylic acids is 2. The number of anilines is 1. The number of nitrogens with one attached hydrogen (secondary N) is 1.